The van der Waals surface area contributed by atoms with E-state index in [1.54, 1.807) is 18.2 Å². The zero-order chi connectivity index (χ0) is 18.6. The quantitative estimate of drug-likeness (QED) is 0.809. The smallest absolute Gasteiger partial charge is 0.236 e. The first-order chi connectivity index (χ1) is 12.5. The molecular formula is C19H19N3O3S. The molecule has 1 aromatic carbocycles. The highest BCUT2D eigenvalue weighted by molar-refractivity contribution is 7.92. The monoisotopic (exact) mass is 369 g/mol. The summed E-state index contributed by atoms with van der Waals surface area (Å²) in [5, 5.41) is 10.1. The minimum absolute atomic E-state index is 0.263. The van der Waals surface area contributed by atoms with Crippen LogP contribution in [-0.4, -0.2) is 36.9 Å². The van der Waals surface area contributed by atoms with E-state index in [0.717, 1.165) is 11.1 Å². The zero-order valence-corrected chi connectivity index (χ0v) is 15.2. The van der Waals surface area contributed by atoms with Crippen LogP contribution in [-0.2, 0) is 10.0 Å². The molecule has 6 nitrogen and oxygen atoms in total. The molecule has 1 aromatic heterocycles. The Balaban J connectivity index is 1.63. The van der Waals surface area contributed by atoms with E-state index < -0.39 is 10.0 Å². The van der Waals surface area contributed by atoms with E-state index >= 15 is 0 Å². The van der Waals surface area contributed by atoms with Gasteiger partial charge < -0.3 is 4.74 Å². The Hall–Kier alpha value is -2.69. The Morgan fingerprint density at radius 2 is 2.08 bits per heavy atom. The van der Waals surface area contributed by atoms with Gasteiger partial charge in [-0.3, -0.25) is 0 Å². The molecule has 2 heterocycles. The van der Waals surface area contributed by atoms with Crippen LogP contribution in [0, 0.1) is 18.3 Å². The van der Waals surface area contributed by atoms with Crippen LogP contribution in [0.2, 0.25) is 0 Å². The number of sulfonamides is 1. The lowest BCUT2D eigenvalue weighted by Gasteiger charge is -2.15. The standard InChI is InChI=1S/C19H19N3O3S/c1-15-2-4-16(5-3-15)8-11-26(23,24)22-10-7-18(14-22)25-19-12-17(13-20)6-9-21-19/h2-6,8-9,11-12,18H,7,10,14H2,1H3/b11-8+. The number of pyridine rings is 1. The molecule has 0 spiro atoms. The molecule has 0 saturated carbocycles. The van der Waals surface area contributed by atoms with Gasteiger partial charge >= 0.3 is 0 Å². The topological polar surface area (TPSA) is 83.3 Å². The van der Waals surface area contributed by atoms with Crippen molar-refractivity contribution in [1.82, 2.24) is 9.29 Å². The van der Waals surface area contributed by atoms with Crippen LogP contribution >= 0.6 is 0 Å². The number of aromatic nitrogens is 1. The van der Waals surface area contributed by atoms with E-state index in [9.17, 15) is 8.42 Å². The number of benzene rings is 1. The molecule has 0 N–H and O–H groups in total. The summed E-state index contributed by atoms with van der Waals surface area (Å²) >= 11 is 0. The highest BCUT2D eigenvalue weighted by Gasteiger charge is 2.31. The van der Waals surface area contributed by atoms with Crippen LogP contribution in [0.4, 0.5) is 0 Å². The van der Waals surface area contributed by atoms with Gasteiger partial charge in [0.1, 0.15) is 6.10 Å². The summed E-state index contributed by atoms with van der Waals surface area (Å²) in [4.78, 5) is 4.07. The first-order valence-electron chi connectivity index (χ1n) is 8.24. The predicted molar refractivity (Wildman–Crippen MR) is 98.7 cm³/mol. The summed E-state index contributed by atoms with van der Waals surface area (Å²) in [6, 6.07) is 12.8. The van der Waals surface area contributed by atoms with Crippen molar-refractivity contribution in [3.63, 3.8) is 0 Å². The lowest BCUT2D eigenvalue weighted by Crippen LogP contribution is -2.29. The minimum Gasteiger partial charge on any atom is -0.473 e. The summed E-state index contributed by atoms with van der Waals surface area (Å²) in [6.07, 6.45) is 3.40. The summed E-state index contributed by atoms with van der Waals surface area (Å²) < 4.78 is 32.1. The third-order valence-corrected chi connectivity index (χ3v) is 5.66. The van der Waals surface area contributed by atoms with E-state index in [2.05, 4.69) is 4.98 Å². The summed E-state index contributed by atoms with van der Waals surface area (Å²) in [6.45, 7) is 2.64. The van der Waals surface area contributed by atoms with Crippen LogP contribution in [0.3, 0.4) is 0 Å². The molecule has 1 fully saturated rings. The van der Waals surface area contributed by atoms with Gasteiger partial charge in [0.05, 0.1) is 18.2 Å². The van der Waals surface area contributed by atoms with Crippen LogP contribution in [0.15, 0.2) is 48.0 Å². The molecule has 1 aliphatic rings. The number of aryl methyl sites for hydroxylation is 1. The average molecular weight is 369 g/mol. The van der Waals surface area contributed by atoms with Gasteiger partial charge in [-0.2, -0.15) is 9.57 Å². The molecule has 0 amide bonds. The van der Waals surface area contributed by atoms with Gasteiger partial charge in [-0.05, 0) is 31.1 Å². The molecule has 0 bridgehead atoms. The summed E-state index contributed by atoms with van der Waals surface area (Å²) in [5.74, 6) is 0.337. The molecule has 7 heteroatoms. The maximum Gasteiger partial charge on any atom is 0.236 e. The Bertz CT molecular complexity index is 947. The predicted octanol–water partition coefficient (Wildman–Crippen LogP) is 2.72. The van der Waals surface area contributed by atoms with Crippen molar-refractivity contribution in [1.29, 1.82) is 5.26 Å². The van der Waals surface area contributed by atoms with Gasteiger partial charge in [0, 0.05) is 24.2 Å². The Morgan fingerprint density at radius 3 is 2.81 bits per heavy atom. The molecule has 3 rings (SSSR count). The van der Waals surface area contributed by atoms with Crippen molar-refractivity contribution in [3.8, 4) is 11.9 Å². The Labute approximate surface area is 153 Å². The summed E-state index contributed by atoms with van der Waals surface area (Å²) in [5.41, 5.74) is 2.42. The van der Waals surface area contributed by atoms with Gasteiger partial charge in [-0.25, -0.2) is 13.4 Å². The fourth-order valence-corrected chi connectivity index (χ4v) is 3.90. The van der Waals surface area contributed by atoms with Crippen LogP contribution < -0.4 is 4.74 Å². The van der Waals surface area contributed by atoms with E-state index in [0.29, 0.717) is 24.4 Å². The van der Waals surface area contributed by atoms with Crippen molar-refractivity contribution in [3.05, 3.63) is 64.7 Å². The van der Waals surface area contributed by atoms with Crippen molar-refractivity contribution < 1.29 is 13.2 Å². The molecule has 26 heavy (non-hydrogen) atoms. The lowest BCUT2D eigenvalue weighted by atomic mass is 10.2. The van der Waals surface area contributed by atoms with Crippen molar-refractivity contribution in [2.45, 2.75) is 19.4 Å². The number of hydrogen-bond acceptors (Lipinski definition) is 5. The highest BCUT2D eigenvalue weighted by Crippen LogP contribution is 2.21. The third kappa shape index (κ3) is 4.48. The second-order valence-corrected chi connectivity index (χ2v) is 7.96. The van der Waals surface area contributed by atoms with Gasteiger partial charge in [-0.15, -0.1) is 0 Å². The number of rotatable bonds is 5. The largest absolute Gasteiger partial charge is 0.473 e. The van der Waals surface area contributed by atoms with Crippen molar-refractivity contribution in [2.24, 2.45) is 0 Å². The van der Waals surface area contributed by atoms with Crippen molar-refractivity contribution in [2.75, 3.05) is 13.1 Å². The molecule has 0 aliphatic carbocycles. The number of nitriles is 1. The maximum atomic E-state index is 12.5. The summed E-state index contributed by atoms with van der Waals surface area (Å²) in [7, 11) is -3.51. The van der Waals surface area contributed by atoms with Gasteiger partial charge in [-0.1, -0.05) is 29.8 Å². The van der Waals surface area contributed by atoms with Crippen LogP contribution in [0.25, 0.3) is 6.08 Å². The molecule has 134 valence electrons. The second kappa shape index (κ2) is 7.68. The molecular weight excluding hydrogens is 350 g/mol. The van der Waals surface area contributed by atoms with E-state index in [-0.39, 0.29) is 12.6 Å². The zero-order valence-electron chi connectivity index (χ0n) is 14.4. The van der Waals surface area contributed by atoms with Gasteiger partial charge in [0.2, 0.25) is 15.9 Å². The highest BCUT2D eigenvalue weighted by atomic mass is 32.2. The van der Waals surface area contributed by atoms with E-state index in [1.807, 2.05) is 37.3 Å². The third-order valence-electron chi connectivity index (χ3n) is 4.13. The minimum atomic E-state index is -3.51. The van der Waals surface area contributed by atoms with E-state index in [1.165, 1.54) is 15.9 Å². The van der Waals surface area contributed by atoms with E-state index in [4.69, 9.17) is 10.00 Å². The average Bonchev–Trinajstić information content (AvgIpc) is 3.11. The van der Waals surface area contributed by atoms with Crippen LogP contribution in [0.1, 0.15) is 23.1 Å². The fourth-order valence-electron chi connectivity index (χ4n) is 2.67. The molecule has 0 radical (unpaired) electrons. The number of nitrogens with zero attached hydrogens (tertiary/aromatic N) is 3. The van der Waals surface area contributed by atoms with Crippen LogP contribution in [0.5, 0.6) is 5.88 Å². The number of ether oxygens (including phenoxy) is 1. The van der Waals surface area contributed by atoms with Gasteiger partial charge in [0.15, 0.2) is 0 Å². The second-order valence-electron chi connectivity index (χ2n) is 6.14. The van der Waals surface area contributed by atoms with Crippen molar-refractivity contribution >= 4 is 16.1 Å². The fraction of sp³-hybridized carbons (Fsp3) is 0.263. The first kappa shape index (κ1) is 18.1. The molecule has 1 saturated heterocycles. The molecule has 1 aliphatic heterocycles. The molecule has 2 aromatic rings. The number of hydrogen-bond donors (Lipinski definition) is 0. The first-order valence-corrected chi connectivity index (χ1v) is 9.74. The lowest BCUT2D eigenvalue weighted by molar-refractivity contribution is 0.207. The maximum absolute atomic E-state index is 12.5. The molecule has 1 unspecified atom stereocenters. The SMILES string of the molecule is Cc1ccc(/C=C/S(=O)(=O)N2CCC(Oc3cc(C#N)ccn3)C2)cc1. The molecule has 1 atom stereocenters. The normalized spacial score (nSPS) is 18.1. The Morgan fingerprint density at radius 1 is 1.31 bits per heavy atom. The Kier molecular flexibility index (Phi) is 5.35. The van der Waals surface area contributed by atoms with Gasteiger partial charge in [0.25, 0.3) is 0 Å².